The van der Waals surface area contributed by atoms with Gasteiger partial charge >= 0.3 is 0 Å². The molecule has 0 saturated heterocycles. The molecular weight excluding hydrogens is 494 g/mol. The molecule has 0 aliphatic heterocycles. The number of aliphatic hydroxyl groups is 2. The summed E-state index contributed by atoms with van der Waals surface area (Å²) in [6.07, 6.45) is -0.195. The number of ether oxygens (including phenoxy) is 1. The van der Waals surface area contributed by atoms with Crippen molar-refractivity contribution in [1.29, 1.82) is 0 Å². The van der Waals surface area contributed by atoms with Crippen LogP contribution < -0.4 is 15.4 Å². The number of amides is 1. The molecule has 6 atom stereocenters. The van der Waals surface area contributed by atoms with E-state index in [2.05, 4.69) is 40.0 Å². The lowest BCUT2D eigenvalue weighted by Crippen LogP contribution is -2.38. The smallest absolute Gasteiger partial charge is 0.225 e. The van der Waals surface area contributed by atoms with Crippen molar-refractivity contribution in [3.8, 4) is 5.75 Å². The molecule has 0 bridgehead atoms. The van der Waals surface area contributed by atoms with Crippen LogP contribution in [0.1, 0.15) is 50.6 Å². The fourth-order valence-electron chi connectivity index (χ4n) is 4.96. The number of thioether (sulfide) groups is 1. The van der Waals surface area contributed by atoms with Crippen LogP contribution in [0.25, 0.3) is 11.2 Å². The maximum Gasteiger partial charge on any atom is 0.225 e. The van der Waals surface area contributed by atoms with E-state index in [-0.39, 0.29) is 18.4 Å². The van der Waals surface area contributed by atoms with Crippen molar-refractivity contribution in [2.45, 2.75) is 68.5 Å². The van der Waals surface area contributed by atoms with Crippen molar-refractivity contribution in [3.63, 3.8) is 0 Å². The number of hydrogen-bond acceptors (Lipinski definition) is 10. The van der Waals surface area contributed by atoms with E-state index in [1.807, 2.05) is 19.1 Å². The van der Waals surface area contributed by atoms with Gasteiger partial charge in [0.1, 0.15) is 11.9 Å². The van der Waals surface area contributed by atoms with Gasteiger partial charge < -0.3 is 25.6 Å². The summed E-state index contributed by atoms with van der Waals surface area (Å²) < 4.78 is 6.81. The second-order valence-electron chi connectivity index (χ2n) is 9.56. The number of nitrogens with one attached hydrogen (secondary N) is 2. The first-order valence-corrected chi connectivity index (χ1v) is 13.7. The number of hydrogen-bond donors (Lipinski definition) is 4. The summed E-state index contributed by atoms with van der Waals surface area (Å²) in [5, 5.41) is 36.9. The molecule has 4 N–H and O–H groups in total. The molecule has 0 radical (unpaired) electrons. The molecule has 2 aliphatic carbocycles. The van der Waals surface area contributed by atoms with Crippen LogP contribution in [0.5, 0.6) is 5.75 Å². The predicted octanol–water partition coefficient (Wildman–Crippen LogP) is 2.12. The lowest BCUT2D eigenvalue weighted by molar-refractivity contribution is -0.128. The third kappa shape index (κ3) is 5.10. The number of nitrogens with zero attached hydrogens (tertiary/aromatic N) is 5. The first-order chi connectivity index (χ1) is 17.9. The number of benzene rings is 1. The molecule has 198 valence electrons. The second kappa shape index (κ2) is 10.8. The van der Waals surface area contributed by atoms with Crippen molar-refractivity contribution in [1.82, 2.24) is 30.3 Å². The summed E-state index contributed by atoms with van der Waals surface area (Å²) in [5.41, 5.74) is 2.21. The number of carbonyl (C=O) groups excluding carboxylic acids is 1. The summed E-state index contributed by atoms with van der Waals surface area (Å²) in [6, 6.07) is 7.66. The lowest BCUT2D eigenvalue weighted by atomic mass is 10.0. The van der Waals surface area contributed by atoms with Crippen molar-refractivity contribution in [2.24, 2.45) is 5.92 Å². The molecule has 0 spiro atoms. The number of fused-ring (bicyclic) bond motifs is 1. The first-order valence-electron chi connectivity index (χ1n) is 12.7. The molecule has 2 aromatic heterocycles. The van der Waals surface area contributed by atoms with Gasteiger partial charge in [0, 0.05) is 24.3 Å². The van der Waals surface area contributed by atoms with E-state index >= 15 is 0 Å². The van der Waals surface area contributed by atoms with Gasteiger partial charge in [-0.1, -0.05) is 36.0 Å². The van der Waals surface area contributed by atoms with E-state index < -0.39 is 24.2 Å². The number of rotatable bonds is 10. The molecule has 2 fully saturated rings. The Labute approximate surface area is 219 Å². The Kier molecular flexibility index (Phi) is 7.50. The molecule has 12 heteroatoms. The van der Waals surface area contributed by atoms with Gasteiger partial charge in [0.25, 0.3) is 0 Å². The zero-order valence-corrected chi connectivity index (χ0v) is 22.0. The highest BCUT2D eigenvalue weighted by Crippen LogP contribution is 2.44. The third-order valence-electron chi connectivity index (χ3n) is 7.05. The fourth-order valence-corrected chi connectivity index (χ4v) is 5.65. The van der Waals surface area contributed by atoms with Crippen molar-refractivity contribution >= 4 is 34.7 Å². The largest absolute Gasteiger partial charge is 0.497 e. The molecule has 2 heterocycles. The van der Waals surface area contributed by atoms with Crippen molar-refractivity contribution in [3.05, 3.63) is 29.8 Å². The minimum Gasteiger partial charge on any atom is -0.497 e. The van der Waals surface area contributed by atoms with E-state index in [9.17, 15) is 15.0 Å². The van der Waals surface area contributed by atoms with Crippen LogP contribution in [-0.2, 0) is 4.79 Å². The van der Waals surface area contributed by atoms with Gasteiger partial charge in [0.15, 0.2) is 22.1 Å². The molecule has 2 saturated carbocycles. The van der Waals surface area contributed by atoms with Crippen molar-refractivity contribution < 1.29 is 19.7 Å². The van der Waals surface area contributed by atoms with Crippen LogP contribution in [0.3, 0.4) is 0 Å². The number of aliphatic hydroxyl groups excluding tert-OH is 2. The van der Waals surface area contributed by atoms with E-state index in [4.69, 9.17) is 14.7 Å². The summed E-state index contributed by atoms with van der Waals surface area (Å²) in [6.45, 7) is 4.37. The highest BCUT2D eigenvalue weighted by atomic mass is 32.2. The minimum atomic E-state index is -1.19. The highest BCUT2D eigenvalue weighted by Gasteiger charge is 2.47. The molecule has 2 aliphatic rings. The van der Waals surface area contributed by atoms with Crippen LogP contribution in [-0.4, -0.2) is 78.7 Å². The Morgan fingerprint density at radius 1 is 1.16 bits per heavy atom. The molecular formula is C25H33N7O4S. The van der Waals surface area contributed by atoms with Crippen LogP contribution >= 0.6 is 11.8 Å². The number of anilines is 1. The Morgan fingerprint density at radius 2 is 1.95 bits per heavy atom. The topological polar surface area (TPSA) is 147 Å². The van der Waals surface area contributed by atoms with Crippen LogP contribution in [0, 0.1) is 5.92 Å². The predicted molar refractivity (Wildman–Crippen MR) is 140 cm³/mol. The van der Waals surface area contributed by atoms with Crippen LogP contribution in [0.2, 0.25) is 0 Å². The van der Waals surface area contributed by atoms with Gasteiger partial charge in [0.2, 0.25) is 5.91 Å². The average molecular weight is 528 g/mol. The third-order valence-corrected chi connectivity index (χ3v) is 8.10. The zero-order valence-electron chi connectivity index (χ0n) is 21.2. The minimum absolute atomic E-state index is 0.196. The molecule has 5 rings (SSSR count). The first kappa shape index (κ1) is 25.7. The maximum absolute atomic E-state index is 12.4. The SMILES string of the molecule is CCCSc1nc(NC2CC2c2ccc(OC)cc2)c2nnn([C@H]3C[C@@H](C(=O)NCC)[C@H](O)[C@@H]3O)c2n1. The fraction of sp³-hybridized carbons (Fsp3) is 0.560. The van der Waals surface area contributed by atoms with Gasteiger partial charge in [-0.25, -0.2) is 14.6 Å². The highest BCUT2D eigenvalue weighted by molar-refractivity contribution is 7.99. The van der Waals surface area contributed by atoms with Gasteiger partial charge in [-0.15, -0.1) is 5.10 Å². The number of methoxy groups -OCH3 is 1. The second-order valence-corrected chi connectivity index (χ2v) is 10.6. The van der Waals surface area contributed by atoms with Gasteiger partial charge in [-0.3, -0.25) is 4.79 Å². The molecule has 1 aromatic carbocycles. The summed E-state index contributed by atoms with van der Waals surface area (Å²) in [5.74, 6) is 1.62. The van der Waals surface area contributed by atoms with Gasteiger partial charge in [0.05, 0.1) is 25.2 Å². The number of carbonyl (C=O) groups is 1. The van der Waals surface area contributed by atoms with Crippen LogP contribution in [0.4, 0.5) is 5.82 Å². The van der Waals surface area contributed by atoms with E-state index in [0.29, 0.717) is 34.6 Å². The zero-order chi connectivity index (χ0) is 26.1. The number of aromatic nitrogens is 5. The Morgan fingerprint density at radius 3 is 2.65 bits per heavy atom. The Hall–Kier alpha value is -2.96. The Bertz CT molecular complexity index is 1250. The normalized spacial score (nSPS) is 26.8. The summed E-state index contributed by atoms with van der Waals surface area (Å²) >= 11 is 1.55. The van der Waals surface area contributed by atoms with E-state index in [0.717, 1.165) is 24.3 Å². The lowest BCUT2D eigenvalue weighted by Gasteiger charge is -2.17. The monoisotopic (exact) mass is 527 g/mol. The molecule has 2 unspecified atom stereocenters. The quantitative estimate of drug-likeness (QED) is 0.228. The van der Waals surface area contributed by atoms with Gasteiger partial charge in [-0.2, -0.15) is 0 Å². The summed E-state index contributed by atoms with van der Waals surface area (Å²) in [7, 11) is 1.66. The molecule has 11 nitrogen and oxygen atoms in total. The molecule has 1 amide bonds. The van der Waals surface area contributed by atoms with Gasteiger partial charge in [-0.05, 0) is 43.9 Å². The molecule has 37 heavy (non-hydrogen) atoms. The van der Waals surface area contributed by atoms with E-state index in [1.165, 1.54) is 5.56 Å². The Balaban J connectivity index is 1.42. The van der Waals surface area contributed by atoms with Crippen LogP contribution in [0.15, 0.2) is 29.4 Å². The molecule has 3 aromatic rings. The van der Waals surface area contributed by atoms with Crippen molar-refractivity contribution in [2.75, 3.05) is 24.7 Å². The summed E-state index contributed by atoms with van der Waals surface area (Å²) in [4.78, 5) is 21.9. The standard InChI is InChI=1S/C25H33N7O4S/c1-4-10-37-25-28-22(27-17-11-15(17)13-6-8-14(36-3)9-7-13)19-23(29-25)32(31-30-19)18-12-16(20(33)21(18)34)24(35)26-5-2/h6-9,15-18,20-21,33-34H,4-5,10-12H2,1-3H3,(H,26,35)(H,27,28,29)/t15?,16-,17?,18+,20+,21-/m1/s1. The maximum atomic E-state index is 12.4. The average Bonchev–Trinajstić information content (AvgIpc) is 3.44. The van der Waals surface area contributed by atoms with E-state index in [1.54, 1.807) is 23.6 Å².